The van der Waals surface area contributed by atoms with Gasteiger partial charge in [0, 0.05) is 4.88 Å². The molecule has 2 aromatic rings. The second kappa shape index (κ2) is 7.65. The highest BCUT2D eigenvalue weighted by Crippen LogP contribution is 2.38. The fraction of sp³-hybridized carbons (Fsp3) is 0.235. The predicted octanol–water partition coefficient (Wildman–Crippen LogP) is 3.44. The highest BCUT2D eigenvalue weighted by Gasteiger charge is 2.26. The summed E-state index contributed by atoms with van der Waals surface area (Å²) in [6.07, 6.45) is 2.59. The second-order valence-electron chi connectivity index (χ2n) is 5.65. The molecule has 0 saturated carbocycles. The molecule has 0 aliphatic heterocycles. The first-order valence-corrected chi connectivity index (χ1v) is 9.31. The van der Waals surface area contributed by atoms with E-state index >= 15 is 0 Å². The average molecular weight is 413 g/mol. The van der Waals surface area contributed by atoms with E-state index in [-0.39, 0.29) is 15.6 Å². The number of aryl methyl sites for hydroxylation is 1. The minimum Gasteiger partial charge on any atom is -0.452 e. The Morgan fingerprint density at radius 2 is 2.00 bits per heavy atom. The molecule has 0 spiro atoms. The van der Waals surface area contributed by atoms with Gasteiger partial charge in [0.05, 0.1) is 21.2 Å². The summed E-state index contributed by atoms with van der Waals surface area (Å²) in [7, 11) is 0. The lowest BCUT2D eigenvalue weighted by Gasteiger charge is -2.08. The number of carbonyl (C=O) groups is 3. The first kappa shape index (κ1) is 18.7. The van der Waals surface area contributed by atoms with Gasteiger partial charge >= 0.3 is 5.97 Å². The summed E-state index contributed by atoms with van der Waals surface area (Å²) in [4.78, 5) is 36.9. The van der Waals surface area contributed by atoms with Gasteiger partial charge in [-0.05, 0) is 37.0 Å². The van der Waals surface area contributed by atoms with Crippen LogP contribution in [-0.4, -0.2) is 24.4 Å². The Bertz CT molecular complexity index is 910. The third-order valence-corrected chi connectivity index (χ3v) is 5.95. The number of fused-ring (bicyclic) bond motifs is 1. The van der Waals surface area contributed by atoms with Crippen LogP contribution in [0.15, 0.2) is 18.2 Å². The Labute approximate surface area is 163 Å². The molecule has 0 saturated heterocycles. The molecule has 2 amide bonds. The van der Waals surface area contributed by atoms with Gasteiger partial charge < -0.3 is 15.8 Å². The van der Waals surface area contributed by atoms with Crippen LogP contribution in [0.4, 0.5) is 5.00 Å². The number of nitrogens with two attached hydrogens (primary N) is 1. The van der Waals surface area contributed by atoms with E-state index in [4.69, 9.17) is 33.7 Å². The van der Waals surface area contributed by atoms with Crippen molar-refractivity contribution in [2.24, 2.45) is 5.73 Å². The van der Waals surface area contributed by atoms with E-state index in [1.165, 1.54) is 23.5 Å². The molecule has 1 aliphatic rings. The van der Waals surface area contributed by atoms with Gasteiger partial charge in [-0.15, -0.1) is 11.3 Å². The van der Waals surface area contributed by atoms with Crippen molar-refractivity contribution in [3.8, 4) is 0 Å². The lowest BCUT2D eigenvalue weighted by atomic mass is 10.1. The predicted molar refractivity (Wildman–Crippen MR) is 100 cm³/mol. The molecular weight excluding hydrogens is 399 g/mol. The monoisotopic (exact) mass is 412 g/mol. The zero-order valence-electron chi connectivity index (χ0n) is 13.4. The quantitative estimate of drug-likeness (QED) is 0.734. The van der Waals surface area contributed by atoms with Gasteiger partial charge in [-0.3, -0.25) is 9.59 Å². The highest BCUT2D eigenvalue weighted by atomic mass is 35.5. The summed E-state index contributed by atoms with van der Waals surface area (Å²) in [6.45, 7) is -0.525. The fourth-order valence-electron chi connectivity index (χ4n) is 2.79. The number of halogens is 2. The van der Waals surface area contributed by atoms with Crippen molar-refractivity contribution in [1.29, 1.82) is 0 Å². The van der Waals surface area contributed by atoms with E-state index in [1.807, 2.05) is 0 Å². The summed E-state index contributed by atoms with van der Waals surface area (Å²) in [6, 6.07) is 4.54. The fourth-order valence-corrected chi connectivity index (χ4v) is 4.47. The van der Waals surface area contributed by atoms with Crippen molar-refractivity contribution in [3.05, 3.63) is 49.8 Å². The molecule has 0 radical (unpaired) electrons. The number of hydrogen-bond donors (Lipinski definition) is 2. The molecule has 0 fully saturated rings. The Balaban J connectivity index is 1.66. The molecule has 9 heteroatoms. The van der Waals surface area contributed by atoms with Gasteiger partial charge in [-0.25, -0.2) is 4.79 Å². The van der Waals surface area contributed by atoms with E-state index in [1.54, 1.807) is 6.07 Å². The molecular formula is C17H14Cl2N2O4S. The van der Waals surface area contributed by atoms with Crippen molar-refractivity contribution in [1.82, 2.24) is 0 Å². The third kappa shape index (κ3) is 3.70. The lowest BCUT2D eigenvalue weighted by molar-refractivity contribution is -0.119. The highest BCUT2D eigenvalue weighted by molar-refractivity contribution is 7.17. The van der Waals surface area contributed by atoms with Crippen molar-refractivity contribution in [2.45, 2.75) is 19.3 Å². The van der Waals surface area contributed by atoms with Crippen molar-refractivity contribution >= 4 is 57.3 Å². The number of primary amides is 1. The molecule has 6 nitrogen and oxygen atoms in total. The number of amides is 2. The van der Waals surface area contributed by atoms with Gasteiger partial charge in [0.2, 0.25) is 0 Å². The number of ether oxygens (including phenoxy) is 1. The lowest BCUT2D eigenvalue weighted by Crippen LogP contribution is -2.22. The van der Waals surface area contributed by atoms with Gasteiger partial charge in [-0.2, -0.15) is 0 Å². The van der Waals surface area contributed by atoms with Gasteiger partial charge in [0.1, 0.15) is 5.00 Å². The van der Waals surface area contributed by atoms with Gasteiger partial charge in [0.25, 0.3) is 11.8 Å². The van der Waals surface area contributed by atoms with Gasteiger partial charge in [0.15, 0.2) is 6.61 Å². The van der Waals surface area contributed by atoms with E-state index in [2.05, 4.69) is 5.32 Å². The zero-order chi connectivity index (χ0) is 18.8. The third-order valence-electron chi connectivity index (χ3n) is 3.93. The summed E-state index contributed by atoms with van der Waals surface area (Å²) < 4.78 is 4.97. The van der Waals surface area contributed by atoms with Crippen LogP contribution in [0.5, 0.6) is 0 Å². The molecule has 26 heavy (non-hydrogen) atoms. The van der Waals surface area contributed by atoms with Crippen LogP contribution < -0.4 is 11.1 Å². The van der Waals surface area contributed by atoms with Crippen LogP contribution in [-0.2, 0) is 22.4 Å². The number of hydrogen-bond acceptors (Lipinski definition) is 5. The van der Waals surface area contributed by atoms with E-state index < -0.39 is 24.4 Å². The smallest absolute Gasteiger partial charge is 0.340 e. The van der Waals surface area contributed by atoms with E-state index in [9.17, 15) is 14.4 Å². The number of thiophene rings is 1. The Hall–Kier alpha value is -2.09. The maximum Gasteiger partial charge on any atom is 0.340 e. The number of nitrogens with one attached hydrogen (secondary N) is 1. The standard InChI is InChI=1S/C17H14Cl2N2O4S/c18-10-5-1-4-9(14(10)19)17(24)25-7-12(22)21-16-13(15(20)23)8-3-2-6-11(8)26-16/h1,4-5H,2-3,6-7H2,(H2,20,23)(H,21,22). The molecule has 1 aromatic heterocycles. The van der Waals surface area contributed by atoms with E-state index in [0.717, 1.165) is 29.7 Å². The molecule has 3 rings (SSSR count). The molecule has 1 aromatic carbocycles. The largest absolute Gasteiger partial charge is 0.452 e. The number of carbonyl (C=O) groups excluding carboxylic acids is 3. The SMILES string of the molecule is NC(=O)c1c(NC(=O)COC(=O)c2cccc(Cl)c2Cl)sc2c1CCC2. The summed E-state index contributed by atoms with van der Waals surface area (Å²) in [5, 5.41) is 3.26. The van der Waals surface area contributed by atoms with Gasteiger partial charge in [-0.1, -0.05) is 29.3 Å². The van der Waals surface area contributed by atoms with Crippen LogP contribution in [0.2, 0.25) is 10.0 Å². The molecule has 136 valence electrons. The summed E-state index contributed by atoms with van der Waals surface area (Å²) in [5.74, 6) is -1.92. The molecule has 0 atom stereocenters. The second-order valence-corrected chi connectivity index (χ2v) is 7.54. The van der Waals surface area contributed by atoms with Crippen LogP contribution in [0.3, 0.4) is 0 Å². The maximum absolute atomic E-state index is 12.1. The number of anilines is 1. The van der Waals surface area contributed by atoms with Crippen LogP contribution in [0.25, 0.3) is 0 Å². The minimum atomic E-state index is -0.767. The van der Waals surface area contributed by atoms with Crippen LogP contribution >= 0.6 is 34.5 Å². The Kier molecular flexibility index (Phi) is 5.50. The number of esters is 1. The zero-order valence-corrected chi connectivity index (χ0v) is 15.8. The van der Waals surface area contributed by atoms with E-state index in [0.29, 0.717) is 10.6 Å². The molecule has 0 unspecified atom stereocenters. The molecule has 0 bridgehead atoms. The molecule has 1 aliphatic carbocycles. The number of benzene rings is 1. The Morgan fingerprint density at radius 1 is 1.23 bits per heavy atom. The average Bonchev–Trinajstić information content (AvgIpc) is 3.15. The van der Waals surface area contributed by atoms with Crippen molar-refractivity contribution in [2.75, 3.05) is 11.9 Å². The molecule has 1 heterocycles. The topological polar surface area (TPSA) is 98.5 Å². The maximum atomic E-state index is 12.1. The first-order chi connectivity index (χ1) is 12.4. The van der Waals surface area contributed by atoms with Crippen LogP contribution in [0.1, 0.15) is 37.6 Å². The van der Waals surface area contributed by atoms with Crippen molar-refractivity contribution < 1.29 is 19.1 Å². The van der Waals surface area contributed by atoms with Crippen LogP contribution in [0, 0.1) is 0 Å². The number of rotatable bonds is 5. The minimum absolute atomic E-state index is 0.0604. The normalized spacial score (nSPS) is 12.5. The summed E-state index contributed by atoms with van der Waals surface area (Å²) in [5.41, 5.74) is 6.76. The summed E-state index contributed by atoms with van der Waals surface area (Å²) >= 11 is 13.1. The first-order valence-electron chi connectivity index (χ1n) is 7.73. The Morgan fingerprint density at radius 3 is 2.73 bits per heavy atom. The molecule has 3 N–H and O–H groups in total. The van der Waals surface area contributed by atoms with Crippen molar-refractivity contribution in [3.63, 3.8) is 0 Å².